The molecule has 0 radical (unpaired) electrons. The molecular weight excluding hydrogens is 186 g/mol. The van der Waals surface area contributed by atoms with Crippen molar-refractivity contribution in [1.29, 1.82) is 0 Å². The molecule has 9 heteroatoms. The standard InChI is InChI=1S/CH2O3.F5P/c2-1(3)4;1-6(2,3,4)5/h(H2,2,3,4);. The van der Waals surface area contributed by atoms with Crippen molar-refractivity contribution < 1.29 is 36.0 Å². The molecule has 64 valence electrons. The Morgan fingerprint density at radius 1 is 1.00 bits per heavy atom. The molecule has 0 aromatic rings. The summed E-state index contributed by atoms with van der Waals surface area (Å²) in [6.07, 6.45) is -1.83. The van der Waals surface area contributed by atoms with Crippen LogP contribution in [-0.2, 0) is 0 Å². The van der Waals surface area contributed by atoms with Crippen LogP contribution in [0.2, 0.25) is 0 Å². The minimum absolute atomic E-state index is 1.83. The summed E-state index contributed by atoms with van der Waals surface area (Å²) < 4.78 is 49.2. The summed E-state index contributed by atoms with van der Waals surface area (Å²) in [6, 6.07) is 0. The van der Waals surface area contributed by atoms with Crippen LogP contribution in [0.15, 0.2) is 0 Å². The quantitative estimate of drug-likeness (QED) is 0.453. The number of carbonyl (C=O) groups is 1. The van der Waals surface area contributed by atoms with Crippen LogP contribution < -0.4 is 0 Å². The van der Waals surface area contributed by atoms with E-state index in [9.17, 15) is 21.0 Å². The molecule has 2 N–H and O–H groups in total. The summed E-state index contributed by atoms with van der Waals surface area (Å²) in [5, 5.41) is 13.9. The molecule has 0 aliphatic heterocycles. The summed E-state index contributed by atoms with van der Waals surface area (Å²) >= 11 is 0. The van der Waals surface area contributed by atoms with Gasteiger partial charge in [-0.15, -0.1) is 0 Å². The van der Waals surface area contributed by atoms with E-state index in [-0.39, 0.29) is 0 Å². The van der Waals surface area contributed by atoms with Gasteiger partial charge in [0.15, 0.2) is 0 Å². The third-order valence-corrected chi connectivity index (χ3v) is 0. The van der Waals surface area contributed by atoms with Crippen LogP contribution in [0, 0.1) is 0 Å². The molecule has 0 heterocycles. The van der Waals surface area contributed by atoms with Crippen LogP contribution in [0.1, 0.15) is 0 Å². The number of rotatable bonds is 0. The topological polar surface area (TPSA) is 57.5 Å². The molecule has 0 aromatic carbocycles. The summed E-state index contributed by atoms with van der Waals surface area (Å²) in [7, 11) is -8.55. The fraction of sp³-hybridized carbons (Fsp3) is 0. The molecule has 0 aliphatic rings. The van der Waals surface area contributed by atoms with Crippen molar-refractivity contribution in [3.8, 4) is 0 Å². The third-order valence-electron chi connectivity index (χ3n) is 0. The molecule has 0 unspecified atom stereocenters. The van der Waals surface area contributed by atoms with Crippen LogP contribution in [-0.4, -0.2) is 16.4 Å². The Morgan fingerprint density at radius 3 is 1.00 bits per heavy atom. The minimum Gasteiger partial charge on any atom is -0.450 e. The van der Waals surface area contributed by atoms with Gasteiger partial charge in [0.05, 0.1) is 0 Å². The molecule has 0 spiro atoms. The zero-order chi connectivity index (χ0) is 9.02. The Morgan fingerprint density at radius 2 is 1.00 bits per heavy atom. The van der Waals surface area contributed by atoms with Crippen molar-refractivity contribution in [1.82, 2.24) is 0 Å². The molecule has 0 aliphatic carbocycles. The predicted octanol–water partition coefficient (Wildman–Crippen LogP) is 3.18. The predicted molar refractivity (Wildman–Crippen MR) is 23.1 cm³/mol. The van der Waals surface area contributed by atoms with E-state index in [4.69, 9.17) is 15.0 Å². The normalized spacial score (nSPS) is 13.9. The second-order valence-corrected chi connectivity index (χ2v) is 2.20. The number of halogens is 5. The molecule has 0 bridgehead atoms. The molecule has 3 nitrogen and oxygen atoms in total. The van der Waals surface area contributed by atoms with Gasteiger partial charge >= 0.3 is 35.3 Å². The van der Waals surface area contributed by atoms with Gasteiger partial charge in [0.1, 0.15) is 0 Å². The summed E-state index contributed by atoms with van der Waals surface area (Å²) in [5.74, 6) is 0. The van der Waals surface area contributed by atoms with Gasteiger partial charge in [0, 0.05) is 0 Å². The Labute approximate surface area is 51.6 Å². The van der Waals surface area contributed by atoms with Crippen molar-refractivity contribution in [3.63, 3.8) is 0 Å². The Balaban J connectivity index is 0. The van der Waals surface area contributed by atoms with E-state index >= 15 is 0 Å². The smallest absolute Gasteiger partial charge is 0.450 e. The number of carboxylic acid groups (broad SMARTS) is 2. The molecule has 0 amide bonds. The Bertz CT molecular complexity index is 104. The second-order valence-electron chi connectivity index (χ2n) is 0.921. The first-order valence-electron chi connectivity index (χ1n) is 1.50. The molecule has 0 atom stereocenters. The van der Waals surface area contributed by atoms with Gasteiger partial charge in [-0.25, -0.2) is 4.79 Å². The van der Waals surface area contributed by atoms with E-state index in [1.807, 2.05) is 0 Å². The van der Waals surface area contributed by atoms with Gasteiger partial charge in [0.2, 0.25) is 0 Å². The van der Waals surface area contributed by atoms with Crippen LogP contribution in [0.4, 0.5) is 25.8 Å². The van der Waals surface area contributed by atoms with Crippen LogP contribution in [0.25, 0.3) is 0 Å². The van der Waals surface area contributed by atoms with Gasteiger partial charge < -0.3 is 10.2 Å². The maximum absolute atomic E-state index is 9.84. The fourth-order valence-electron chi connectivity index (χ4n) is 0. The van der Waals surface area contributed by atoms with Gasteiger partial charge in [-0.1, -0.05) is 0 Å². The van der Waals surface area contributed by atoms with Crippen LogP contribution in [0.5, 0.6) is 0 Å². The average molecular weight is 188 g/mol. The Kier molecular flexibility index (Phi) is 3.57. The average Bonchev–Trinajstić information content (AvgIpc) is 1.14. The summed E-state index contributed by atoms with van der Waals surface area (Å²) in [5.41, 5.74) is 0. The van der Waals surface area contributed by atoms with Crippen molar-refractivity contribution in [2.24, 2.45) is 0 Å². The van der Waals surface area contributed by atoms with Gasteiger partial charge in [-0.2, -0.15) is 0 Å². The molecule has 0 rings (SSSR count). The minimum atomic E-state index is -8.55. The Hall–Kier alpha value is -0.650. The molecule has 0 fully saturated rings. The van der Waals surface area contributed by atoms with E-state index in [0.717, 1.165) is 0 Å². The monoisotopic (exact) mass is 188 g/mol. The second kappa shape index (κ2) is 2.96. The van der Waals surface area contributed by atoms with E-state index < -0.39 is 14.3 Å². The van der Waals surface area contributed by atoms with Gasteiger partial charge in [0.25, 0.3) is 0 Å². The van der Waals surface area contributed by atoms with Crippen LogP contribution in [0.3, 0.4) is 0 Å². The maximum atomic E-state index is 9.84. The maximum Gasteiger partial charge on any atom is 0.503 e. The van der Waals surface area contributed by atoms with E-state index in [2.05, 4.69) is 0 Å². The van der Waals surface area contributed by atoms with Crippen molar-refractivity contribution in [2.45, 2.75) is 0 Å². The zero-order valence-corrected chi connectivity index (χ0v) is 5.03. The van der Waals surface area contributed by atoms with E-state index in [0.29, 0.717) is 0 Å². The molecule has 0 saturated carbocycles. The fourth-order valence-corrected chi connectivity index (χ4v) is 0. The van der Waals surface area contributed by atoms with Crippen molar-refractivity contribution in [2.75, 3.05) is 0 Å². The first-order chi connectivity index (χ1) is 3.97. The molecule has 0 saturated heterocycles. The first-order valence-corrected chi connectivity index (χ1v) is 3.19. The third kappa shape index (κ3) is 701. The largest absolute Gasteiger partial charge is 0.503 e. The van der Waals surface area contributed by atoms with E-state index in [1.54, 1.807) is 0 Å². The number of hydrogen-bond acceptors (Lipinski definition) is 1. The SMILES string of the molecule is FP(F)(F)(F)F.O=C(O)O. The van der Waals surface area contributed by atoms with Crippen LogP contribution >= 0.6 is 8.16 Å². The molecule has 10 heavy (non-hydrogen) atoms. The van der Waals surface area contributed by atoms with Crippen molar-refractivity contribution >= 4 is 14.3 Å². The first kappa shape index (κ1) is 12.1. The molecular formula is CH2F5O3P. The van der Waals surface area contributed by atoms with E-state index in [1.165, 1.54) is 0 Å². The zero-order valence-electron chi connectivity index (χ0n) is 4.14. The number of hydrogen-bond donors (Lipinski definition) is 2. The van der Waals surface area contributed by atoms with Crippen molar-refractivity contribution in [3.05, 3.63) is 0 Å². The summed E-state index contributed by atoms with van der Waals surface area (Å²) in [4.78, 5) is 8.56. The van der Waals surface area contributed by atoms with Gasteiger partial charge in [-0.3, -0.25) is 0 Å². The summed E-state index contributed by atoms with van der Waals surface area (Å²) in [6.45, 7) is 0. The molecule has 0 aromatic heterocycles. The van der Waals surface area contributed by atoms with Gasteiger partial charge in [-0.05, 0) is 0 Å².